The van der Waals surface area contributed by atoms with Gasteiger partial charge in [0.1, 0.15) is 5.82 Å². The highest BCUT2D eigenvalue weighted by Gasteiger charge is 2.31. The van der Waals surface area contributed by atoms with E-state index in [0.717, 1.165) is 29.8 Å². The van der Waals surface area contributed by atoms with Crippen LogP contribution in [-0.2, 0) is 13.0 Å². The fourth-order valence-corrected chi connectivity index (χ4v) is 4.69. The molecule has 2 nitrogen and oxygen atoms in total. The Morgan fingerprint density at radius 1 is 1.33 bits per heavy atom. The van der Waals surface area contributed by atoms with Crippen molar-refractivity contribution in [2.75, 3.05) is 11.6 Å². The van der Waals surface area contributed by atoms with E-state index in [0.29, 0.717) is 15.9 Å². The smallest absolute Gasteiger partial charge is 0.111 e. The topological polar surface area (TPSA) is 17.8 Å². The van der Waals surface area contributed by atoms with Crippen molar-refractivity contribution in [2.45, 2.75) is 37.5 Å². The minimum Gasteiger partial charge on any atom is -0.327 e. The highest BCUT2D eigenvalue weighted by atomic mass is 35.5. The van der Waals surface area contributed by atoms with Crippen LogP contribution in [-0.4, -0.2) is 25.9 Å². The number of fused-ring (bicyclic) bond motifs is 1. The number of alkyl halides is 1. The van der Waals surface area contributed by atoms with Crippen LogP contribution in [0.25, 0.3) is 11.0 Å². The summed E-state index contributed by atoms with van der Waals surface area (Å²) in [5.41, 5.74) is 1.95. The first-order valence-corrected chi connectivity index (χ1v) is 9.34. The Bertz CT molecular complexity index is 662. The van der Waals surface area contributed by atoms with Crippen LogP contribution in [0.4, 0.5) is 0 Å². The van der Waals surface area contributed by atoms with Crippen LogP contribution in [0.15, 0.2) is 12.1 Å². The van der Waals surface area contributed by atoms with Gasteiger partial charge in [0.05, 0.1) is 21.1 Å². The molecule has 1 aromatic heterocycles. The Morgan fingerprint density at radius 3 is 2.76 bits per heavy atom. The molecule has 1 atom stereocenters. The third-order valence-electron chi connectivity index (χ3n) is 3.98. The summed E-state index contributed by atoms with van der Waals surface area (Å²) in [5.74, 6) is 2.82. The molecular formula is C15H17Cl3N2S. The van der Waals surface area contributed by atoms with Gasteiger partial charge in [-0.25, -0.2) is 4.98 Å². The van der Waals surface area contributed by atoms with Crippen molar-refractivity contribution in [3.8, 4) is 0 Å². The van der Waals surface area contributed by atoms with E-state index in [4.69, 9.17) is 39.8 Å². The number of rotatable bonds is 4. The fourth-order valence-electron chi connectivity index (χ4n) is 2.92. The quantitative estimate of drug-likeness (QED) is 0.676. The molecule has 1 fully saturated rings. The second-order valence-corrected chi connectivity index (χ2v) is 8.58. The van der Waals surface area contributed by atoms with Gasteiger partial charge in [0.2, 0.25) is 0 Å². The van der Waals surface area contributed by atoms with Crippen molar-refractivity contribution in [1.29, 1.82) is 0 Å². The first kappa shape index (κ1) is 15.8. The standard InChI is InChI=1S/C15H17Cl3N2S/c1-15(4-2-6-21-15)9-20-13-8-11(18)10(17)7-12(13)19-14(20)3-5-16/h7-8H,2-6,9H2,1H3. The fraction of sp³-hybridized carbons (Fsp3) is 0.533. The molecule has 1 aliphatic heterocycles. The average molecular weight is 364 g/mol. The largest absolute Gasteiger partial charge is 0.327 e. The highest BCUT2D eigenvalue weighted by Crippen LogP contribution is 2.40. The number of halogens is 3. The van der Waals surface area contributed by atoms with Crippen LogP contribution in [0.2, 0.25) is 10.0 Å². The van der Waals surface area contributed by atoms with Gasteiger partial charge in [-0.05, 0) is 37.7 Å². The molecule has 3 rings (SSSR count). The molecule has 0 N–H and O–H groups in total. The Kier molecular flexibility index (Phi) is 4.66. The summed E-state index contributed by atoms with van der Waals surface area (Å²) in [4.78, 5) is 4.70. The van der Waals surface area contributed by atoms with Crippen molar-refractivity contribution in [3.05, 3.63) is 28.0 Å². The minimum atomic E-state index is 0.265. The summed E-state index contributed by atoms with van der Waals surface area (Å²) in [7, 11) is 0. The normalized spacial score (nSPS) is 22.3. The molecule has 2 heterocycles. The molecule has 1 aliphatic rings. The summed E-state index contributed by atoms with van der Waals surface area (Å²) in [6.07, 6.45) is 3.27. The van der Waals surface area contributed by atoms with Gasteiger partial charge in [-0.3, -0.25) is 0 Å². The van der Waals surface area contributed by atoms with Crippen LogP contribution in [0.5, 0.6) is 0 Å². The predicted octanol–water partition coefficient (Wildman–Crippen LogP) is 5.41. The van der Waals surface area contributed by atoms with E-state index in [1.54, 1.807) is 0 Å². The highest BCUT2D eigenvalue weighted by molar-refractivity contribution is 8.00. The van der Waals surface area contributed by atoms with Gasteiger partial charge in [-0.1, -0.05) is 23.2 Å². The second-order valence-electron chi connectivity index (χ2n) is 5.71. The third kappa shape index (κ3) is 3.17. The van der Waals surface area contributed by atoms with Crippen LogP contribution < -0.4 is 0 Å². The maximum Gasteiger partial charge on any atom is 0.111 e. The molecule has 0 radical (unpaired) electrons. The van der Waals surface area contributed by atoms with Crippen molar-refractivity contribution in [2.24, 2.45) is 0 Å². The molecule has 1 unspecified atom stereocenters. The zero-order chi connectivity index (χ0) is 15.0. The Morgan fingerprint density at radius 2 is 2.10 bits per heavy atom. The molecule has 6 heteroatoms. The molecule has 0 bridgehead atoms. The van der Waals surface area contributed by atoms with Gasteiger partial charge in [-0.2, -0.15) is 11.8 Å². The van der Waals surface area contributed by atoms with Gasteiger partial charge in [0.25, 0.3) is 0 Å². The van der Waals surface area contributed by atoms with Crippen molar-refractivity contribution < 1.29 is 0 Å². The molecule has 0 amide bonds. The molecule has 0 spiro atoms. The number of aromatic nitrogens is 2. The van der Waals surface area contributed by atoms with Crippen molar-refractivity contribution in [3.63, 3.8) is 0 Å². The van der Waals surface area contributed by atoms with Gasteiger partial charge >= 0.3 is 0 Å². The monoisotopic (exact) mass is 362 g/mol. The molecule has 1 aromatic carbocycles. The number of imidazole rings is 1. The number of thioether (sulfide) groups is 1. The van der Waals surface area contributed by atoms with Crippen molar-refractivity contribution >= 4 is 57.6 Å². The van der Waals surface area contributed by atoms with Crippen LogP contribution in [0.3, 0.4) is 0 Å². The van der Waals surface area contributed by atoms with Gasteiger partial charge in [-0.15, -0.1) is 11.6 Å². The second kappa shape index (κ2) is 6.19. The van der Waals surface area contributed by atoms with Gasteiger partial charge < -0.3 is 4.57 Å². The number of nitrogens with zero attached hydrogens (tertiary/aromatic N) is 2. The van der Waals surface area contributed by atoms with Crippen molar-refractivity contribution in [1.82, 2.24) is 9.55 Å². The maximum atomic E-state index is 6.19. The Labute approximate surface area is 144 Å². The SMILES string of the molecule is CC1(Cn2c(CCCl)nc3cc(Cl)c(Cl)cc32)CCCS1. The summed E-state index contributed by atoms with van der Waals surface area (Å²) < 4.78 is 2.54. The van der Waals surface area contributed by atoms with Gasteiger partial charge in [0.15, 0.2) is 0 Å². The van der Waals surface area contributed by atoms with E-state index in [-0.39, 0.29) is 4.75 Å². The van der Waals surface area contributed by atoms with Crippen LogP contribution in [0.1, 0.15) is 25.6 Å². The molecule has 114 valence electrons. The van der Waals surface area contributed by atoms with E-state index >= 15 is 0 Å². The van der Waals surface area contributed by atoms with Crippen LogP contribution in [0, 0.1) is 0 Å². The number of hydrogen-bond donors (Lipinski definition) is 0. The summed E-state index contributed by atoms with van der Waals surface area (Å²) in [5, 5.41) is 1.12. The maximum absolute atomic E-state index is 6.19. The number of aryl methyl sites for hydroxylation is 1. The van der Waals surface area contributed by atoms with E-state index < -0.39 is 0 Å². The molecule has 2 aromatic rings. The van der Waals surface area contributed by atoms with E-state index in [1.807, 2.05) is 23.9 Å². The summed E-state index contributed by atoms with van der Waals surface area (Å²) in [6.45, 7) is 3.27. The third-order valence-corrected chi connectivity index (χ3v) is 6.41. The van der Waals surface area contributed by atoms with E-state index in [1.165, 1.54) is 18.6 Å². The van der Waals surface area contributed by atoms with E-state index in [9.17, 15) is 0 Å². The first-order chi connectivity index (χ1) is 10.0. The lowest BCUT2D eigenvalue weighted by Gasteiger charge is -2.24. The molecule has 21 heavy (non-hydrogen) atoms. The summed E-state index contributed by atoms with van der Waals surface area (Å²) in [6, 6.07) is 3.77. The van der Waals surface area contributed by atoms with Crippen LogP contribution >= 0.6 is 46.6 Å². The lowest BCUT2D eigenvalue weighted by atomic mass is 10.1. The zero-order valence-corrected chi connectivity index (χ0v) is 14.9. The molecule has 0 aliphatic carbocycles. The molecular weight excluding hydrogens is 347 g/mol. The van der Waals surface area contributed by atoms with Gasteiger partial charge in [0, 0.05) is 23.6 Å². The predicted molar refractivity (Wildman–Crippen MR) is 94.3 cm³/mol. The first-order valence-electron chi connectivity index (χ1n) is 7.06. The summed E-state index contributed by atoms with van der Waals surface area (Å²) >= 11 is 20.3. The lowest BCUT2D eigenvalue weighted by molar-refractivity contribution is 0.507. The Hall–Kier alpha value is -0.0900. The zero-order valence-electron chi connectivity index (χ0n) is 11.8. The molecule has 0 saturated carbocycles. The molecule has 1 saturated heterocycles. The number of benzene rings is 1. The average Bonchev–Trinajstić information content (AvgIpc) is 2.98. The number of hydrogen-bond acceptors (Lipinski definition) is 2. The van der Waals surface area contributed by atoms with E-state index in [2.05, 4.69) is 11.5 Å². The lowest BCUT2D eigenvalue weighted by Crippen LogP contribution is -2.25. The Balaban J connectivity index is 2.08. The minimum absolute atomic E-state index is 0.265.